The van der Waals surface area contributed by atoms with Gasteiger partial charge in [-0.05, 0) is 18.2 Å². The number of rotatable bonds is 5. The van der Waals surface area contributed by atoms with Crippen LogP contribution in [0.4, 0.5) is 30.6 Å². The number of halogens is 4. The van der Waals surface area contributed by atoms with Gasteiger partial charge in [0.15, 0.2) is 5.82 Å². The third-order valence-corrected chi connectivity index (χ3v) is 2.84. The standard InChI is InChI=1S/C13H11ClF3N5/c1-2-5-18-11-7-19-22-12(21-11)20-8-3-4-10(14)9(6-8)13(15,16)17/h2-4,6-7H,1,5H2,(H2,18,20,21,22). The Balaban J connectivity index is 2.22. The van der Waals surface area contributed by atoms with Crippen LogP contribution in [0.25, 0.3) is 0 Å². The Morgan fingerprint density at radius 2 is 2.09 bits per heavy atom. The van der Waals surface area contributed by atoms with E-state index in [1.54, 1.807) is 6.08 Å². The lowest BCUT2D eigenvalue weighted by molar-refractivity contribution is -0.137. The van der Waals surface area contributed by atoms with Crippen molar-refractivity contribution in [2.75, 3.05) is 17.2 Å². The number of nitrogens with one attached hydrogen (secondary N) is 2. The molecule has 1 aromatic heterocycles. The Kier molecular flexibility index (Phi) is 4.81. The minimum atomic E-state index is -4.54. The molecule has 0 fully saturated rings. The molecule has 0 spiro atoms. The van der Waals surface area contributed by atoms with Gasteiger partial charge >= 0.3 is 6.18 Å². The average Bonchev–Trinajstić information content (AvgIpc) is 2.46. The Morgan fingerprint density at radius 1 is 1.32 bits per heavy atom. The molecule has 22 heavy (non-hydrogen) atoms. The van der Waals surface area contributed by atoms with Gasteiger partial charge in [-0.25, -0.2) is 0 Å². The van der Waals surface area contributed by atoms with Crippen molar-refractivity contribution in [2.24, 2.45) is 0 Å². The van der Waals surface area contributed by atoms with E-state index in [1.165, 1.54) is 12.3 Å². The molecular weight excluding hydrogens is 319 g/mol. The third-order valence-electron chi connectivity index (χ3n) is 2.51. The molecule has 0 radical (unpaired) electrons. The number of hydrogen-bond acceptors (Lipinski definition) is 5. The van der Waals surface area contributed by atoms with Crippen LogP contribution in [0.15, 0.2) is 37.1 Å². The molecule has 0 saturated heterocycles. The van der Waals surface area contributed by atoms with E-state index in [4.69, 9.17) is 11.6 Å². The molecule has 0 unspecified atom stereocenters. The van der Waals surface area contributed by atoms with Crippen LogP contribution in [0.1, 0.15) is 5.56 Å². The highest BCUT2D eigenvalue weighted by molar-refractivity contribution is 6.31. The minimum Gasteiger partial charge on any atom is -0.365 e. The zero-order valence-electron chi connectivity index (χ0n) is 11.2. The van der Waals surface area contributed by atoms with E-state index in [-0.39, 0.29) is 16.7 Å². The van der Waals surface area contributed by atoms with E-state index in [0.717, 1.165) is 12.1 Å². The van der Waals surface area contributed by atoms with Gasteiger partial charge < -0.3 is 10.6 Å². The quantitative estimate of drug-likeness (QED) is 0.815. The van der Waals surface area contributed by atoms with Gasteiger partial charge in [-0.15, -0.1) is 11.7 Å². The molecular formula is C13H11ClF3N5. The van der Waals surface area contributed by atoms with Crippen LogP contribution in [0.3, 0.4) is 0 Å². The van der Waals surface area contributed by atoms with Crippen LogP contribution in [0.5, 0.6) is 0 Å². The predicted molar refractivity (Wildman–Crippen MR) is 78.3 cm³/mol. The van der Waals surface area contributed by atoms with Crippen molar-refractivity contribution in [1.82, 2.24) is 15.2 Å². The molecule has 5 nitrogen and oxygen atoms in total. The first-order valence-electron chi connectivity index (χ1n) is 6.08. The summed E-state index contributed by atoms with van der Waals surface area (Å²) in [4.78, 5) is 4.06. The molecule has 0 saturated carbocycles. The first-order chi connectivity index (χ1) is 10.4. The van der Waals surface area contributed by atoms with Crippen LogP contribution in [-0.2, 0) is 6.18 Å². The number of hydrogen-bond donors (Lipinski definition) is 2. The van der Waals surface area contributed by atoms with Crippen molar-refractivity contribution in [3.8, 4) is 0 Å². The number of nitrogens with zero attached hydrogens (tertiary/aromatic N) is 3. The summed E-state index contributed by atoms with van der Waals surface area (Å²) >= 11 is 5.56. The van der Waals surface area contributed by atoms with Crippen LogP contribution in [-0.4, -0.2) is 21.7 Å². The summed E-state index contributed by atoms with van der Waals surface area (Å²) in [5.41, 5.74) is -0.785. The highest BCUT2D eigenvalue weighted by Crippen LogP contribution is 2.36. The minimum absolute atomic E-state index is 0.0597. The second kappa shape index (κ2) is 6.61. The van der Waals surface area contributed by atoms with Gasteiger partial charge in [0.1, 0.15) is 0 Å². The van der Waals surface area contributed by atoms with Gasteiger partial charge in [0.2, 0.25) is 5.95 Å². The van der Waals surface area contributed by atoms with Gasteiger partial charge in [-0.3, -0.25) is 0 Å². The van der Waals surface area contributed by atoms with E-state index >= 15 is 0 Å². The fourth-order valence-corrected chi connectivity index (χ4v) is 1.79. The molecule has 0 amide bonds. The molecule has 1 aromatic carbocycles. The SMILES string of the molecule is C=CCNc1cnnc(Nc2ccc(Cl)c(C(F)(F)F)c2)n1. The molecule has 0 atom stereocenters. The van der Waals surface area contributed by atoms with E-state index in [9.17, 15) is 13.2 Å². The predicted octanol–water partition coefficient (Wildman–Crippen LogP) is 3.89. The molecule has 0 aliphatic carbocycles. The van der Waals surface area contributed by atoms with Gasteiger partial charge in [-0.2, -0.15) is 23.3 Å². The van der Waals surface area contributed by atoms with Crippen molar-refractivity contribution < 1.29 is 13.2 Å². The number of anilines is 3. The zero-order chi connectivity index (χ0) is 16.2. The summed E-state index contributed by atoms with van der Waals surface area (Å²) in [6, 6.07) is 3.43. The van der Waals surface area contributed by atoms with E-state index in [0.29, 0.717) is 12.4 Å². The largest absolute Gasteiger partial charge is 0.417 e. The van der Waals surface area contributed by atoms with Crippen LogP contribution < -0.4 is 10.6 Å². The van der Waals surface area contributed by atoms with Crippen molar-refractivity contribution in [3.05, 3.63) is 47.6 Å². The summed E-state index contributed by atoms with van der Waals surface area (Å²) in [6.45, 7) is 4.02. The Bertz CT molecular complexity index is 675. The van der Waals surface area contributed by atoms with Gasteiger partial charge in [-0.1, -0.05) is 17.7 Å². The van der Waals surface area contributed by atoms with Crippen LogP contribution in [0.2, 0.25) is 5.02 Å². The summed E-state index contributed by atoms with van der Waals surface area (Å²) in [5.74, 6) is 0.479. The zero-order valence-corrected chi connectivity index (χ0v) is 11.9. The number of benzene rings is 1. The van der Waals surface area contributed by atoms with Crippen molar-refractivity contribution in [3.63, 3.8) is 0 Å². The molecule has 9 heteroatoms. The highest BCUT2D eigenvalue weighted by atomic mass is 35.5. The third kappa shape index (κ3) is 4.08. The van der Waals surface area contributed by atoms with E-state index in [1.807, 2.05) is 0 Å². The smallest absolute Gasteiger partial charge is 0.365 e. The lowest BCUT2D eigenvalue weighted by Gasteiger charge is -2.11. The average molecular weight is 330 g/mol. The monoisotopic (exact) mass is 329 g/mol. The van der Waals surface area contributed by atoms with E-state index < -0.39 is 11.7 Å². The highest BCUT2D eigenvalue weighted by Gasteiger charge is 2.33. The topological polar surface area (TPSA) is 62.7 Å². The van der Waals surface area contributed by atoms with Crippen molar-refractivity contribution in [2.45, 2.75) is 6.18 Å². The molecule has 116 valence electrons. The van der Waals surface area contributed by atoms with Gasteiger partial charge in [0, 0.05) is 12.2 Å². The number of alkyl halides is 3. The Morgan fingerprint density at radius 3 is 2.77 bits per heavy atom. The van der Waals surface area contributed by atoms with Gasteiger partial charge in [0.25, 0.3) is 0 Å². The number of aromatic nitrogens is 3. The molecule has 0 aliphatic heterocycles. The molecule has 2 aromatic rings. The molecule has 1 heterocycles. The van der Waals surface area contributed by atoms with E-state index in [2.05, 4.69) is 32.4 Å². The summed E-state index contributed by atoms with van der Waals surface area (Å²) in [6.07, 6.45) is -1.52. The summed E-state index contributed by atoms with van der Waals surface area (Å²) in [5, 5.41) is 12.6. The Labute approximate surface area is 129 Å². The first kappa shape index (κ1) is 16.0. The maximum absolute atomic E-state index is 12.8. The molecule has 0 aliphatic rings. The second-order valence-electron chi connectivity index (χ2n) is 4.15. The van der Waals surface area contributed by atoms with Crippen LogP contribution in [0, 0.1) is 0 Å². The van der Waals surface area contributed by atoms with Gasteiger partial charge in [0.05, 0.1) is 16.8 Å². The summed E-state index contributed by atoms with van der Waals surface area (Å²) in [7, 11) is 0. The van der Waals surface area contributed by atoms with Crippen molar-refractivity contribution >= 4 is 29.1 Å². The first-order valence-corrected chi connectivity index (χ1v) is 6.46. The maximum Gasteiger partial charge on any atom is 0.417 e. The van der Waals surface area contributed by atoms with Crippen molar-refractivity contribution in [1.29, 1.82) is 0 Å². The molecule has 2 N–H and O–H groups in total. The Hall–Kier alpha value is -2.35. The molecule has 2 rings (SSSR count). The normalized spacial score (nSPS) is 11.1. The lowest BCUT2D eigenvalue weighted by atomic mass is 10.2. The second-order valence-corrected chi connectivity index (χ2v) is 4.56. The maximum atomic E-state index is 12.8. The fourth-order valence-electron chi connectivity index (χ4n) is 1.57. The van der Waals surface area contributed by atoms with Crippen LogP contribution >= 0.6 is 11.6 Å². The summed E-state index contributed by atoms with van der Waals surface area (Å²) < 4.78 is 38.4. The molecule has 0 bridgehead atoms. The fraction of sp³-hybridized carbons (Fsp3) is 0.154. The lowest BCUT2D eigenvalue weighted by Crippen LogP contribution is -2.08.